The van der Waals surface area contributed by atoms with Gasteiger partial charge in [-0.25, -0.2) is 4.98 Å². The van der Waals surface area contributed by atoms with Crippen molar-refractivity contribution < 1.29 is 9.59 Å². The molecule has 2 aromatic heterocycles. The Labute approximate surface area is 196 Å². The maximum Gasteiger partial charge on any atom is 0.263 e. The van der Waals surface area contributed by atoms with Crippen LogP contribution < -0.4 is 16.2 Å². The highest BCUT2D eigenvalue weighted by Gasteiger charge is 2.18. The summed E-state index contributed by atoms with van der Waals surface area (Å²) in [7, 11) is 0. The van der Waals surface area contributed by atoms with E-state index in [9.17, 15) is 14.4 Å². The molecule has 0 atom stereocenters. The molecule has 0 aliphatic heterocycles. The number of hydrogen-bond donors (Lipinski definition) is 2. The number of amides is 2. The summed E-state index contributed by atoms with van der Waals surface area (Å²) in [6, 6.07) is 14.5. The Morgan fingerprint density at radius 2 is 1.66 bits per heavy atom. The van der Waals surface area contributed by atoms with E-state index in [2.05, 4.69) is 31.5 Å². The van der Waals surface area contributed by atoms with E-state index in [0.717, 1.165) is 20.5 Å². The number of halogens is 1. The van der Waals surface area contributed by atoms with E-state index in [1.165, 1.54) is 29.2 Å². The van der Waals surface area contributed by atoms with Gasteiger partial charge in [0.25, 0.3) is 5.56 Å². The highest BCUT2D eigenvalue weighted by atomic mass is 79.9. The van der Waals surface area contributed by atoms with Gasteiger partial charge in [-0.2, -0.15) is 0 Å². The fraction of sp³-hybridized carbons (Fsp3) is 0.130. The van der Waals surface area contributed by atoms with Crippen molar-refractivity contribution in [3.05, 3.63) is 74.6 Å². The Bertz CT molecular complexity index is 1380. The standard InChI is InChI=1S/C23H19BrN4O3S/c1-13-20(15-3-5-16(24)6-4-15)21-22(32-13)25-12-28(23(21)31)11-19(30)27-18-9-7-17(8-10-18)26-14(2)29/h3-10,12H,11H2,1-2H3,(H,26,29)(H,27,30). The van der Waals surface area contributed by atoms with E-state index in [1.54, 1.807) is 24.3 Å². The number of nitrogens with zero attached hydrogens (tertiary/aromatic N) is 2. The number of aryl methyl sites for hydroxylation is 1. The van der Waals surface area contributed by atoms with Crippen molar-refractivity contribution in [1.29, 1.82) is 0 Å². The molecule has 0 aliphatic carbocycles. The van der Waals surface area contributed by atoms with Gasteiger partial charge in [-0.3, -0.25) is 19.0 Å². The first-order valence-corrected chi connectivity index (χ1v) is 11.3. The van der Waals surface area contributed by atoms with E-state index >= 15 is 0 Å². The van der Waals surface area contributed by atoms with Gasteiger partial charge < -0.3 is 10.6 Å². The molecule has 0 radical (unpaired) electrons. The molecule has 0 saturated carbocycles. The molecule has 0 fully saturated rings. The third-order valence-electron chi connectivity index (χ3n) is 4.79. The minimum Gasteiger partial charge on any atom is -0.326 e. The van der Waals surface area contributed by atoms with Gasteiger partial charge in [-0.15, -0.1) is 11.3 Å². The third kappa shape index (κ3) is 4.63. The van der Waals surface area contributed by atoms with Crippen LogP contribution in [0.1, 0.15) is 11.8 Å². The minimum atomic E-state index is -0.349. The molecule has 0 spiro atoms. The summed E-state index contributed by atoms with van der Waals surface area (Å²) in [4.78, 5) is 43.0. The summed E-state index contributed by atoms with van der Waals surface area (Å²) in [6.45, 7) is 3.23. The lowest BCUT2D eigenvalue weighted by Crippen LogP contribution is -2.27. The van der Waals surface area contributed by atoms with Gasteiger partial charge in [0.05, 0.1) is 11.7 Å². The first-order valence-electron chi connectivity index (χ1n) is 9.74. The van der Waals surface area contributed by atoms with Crippen molar-refractivity contribution in [3.63, 3.8) is 0 Å². The van der Waals surface area contributed by atoms with Crippen LogP contribution in [0.25, 0.3) is 21.3 Å². The van der Waals surface area contributed by atoms with E-state index in [4.69, 9.17) is 0 Å². The van der Waals surface area contributed by atoms with Gasteiger partial charge in [0.15, 0.2) is 0 Å². The van der Waals surface area contributed by atoms with Gasteiger partial charge in [0.1, 0.15) is 11.4 Å². The number of anilines is 2. The lowest BCUT2D eigenvalue weighted by molar-refractivity contribution is -0.117. The van der Waals surface area contributed by atoms with Gasteiger partial charge in [0.2, 0.25) is 11.8 Å². The number of thiophene rings is 1. The van der Waals surface area contributed by atoms with Crippen molar-refractivity contribution in [3.8, 4) is 11.1 Å². The SMILES string of the molecule is CC(=O)Nc1ccc(NC(=O)Cn2cnc3sc(C)c(-c4ccc(Br)cc4)c3c2=O)cc1. The van der Waals surface area contributed by atoms with Gasteiger partial charge in [-0.05, 0) is 48.9 Å². The lowest BCUT2D eigenvalue weighted by atomic mass is 10.0. The first-order chi connectivity index (χ1) is 15.3. The largest absolute Gasteiger partial charge is 0.326 e. The Balaban J connectivity index is 1.59. The predicted octanol–water partition coefficient (Wildman–Crippen LogP) is 4.79. The molecule has 2 heterocycles. The van der Waals surface area contributed by atoms with Crippen LogP contribution in [-0.2, 0) is 16.1 Å². The molecule has 162 valence electrons. The van der Waals surface area contributed by atoms with Gasteiger partial charge in [-0.1, -0.05) is 28.1 Å². The Kier molecular flexibility index (Phi) is 6.20. The van der Waals surface area contributed by atoms with Crippen molar-refractivity contribution >= 4 is 60.7 Å². The fourth-order valence-corrected chi connectivity index (χ4v) is 4.68. The van der Waals surface area contributed by atoms with Crippen LogP contribution in [0.15, 0.2) is 64.1 Å². The molecule has 0 saturated heterocycles. The molecule has 2 aromatic carbocycles. The van der Waals surface area contributed by atoms with Crippen LogP contribution in [0.2, 0.25) is 0 Å². The summed E-state index contributed by atoms with van der Waals surface area (Å²) < 4.78 is 2.27. The summed E-state index contributed by atoms with van der Waals surface area (Å²) in [5.41, 5.74) is 2.71. The van der Waals surface area contributed by atoms with Crippen molar-refractivity contribution in [1.82, 2.24) is 9.55 Å². The molecule has 0 bridgehead atoms. The number of carbonyl (C=O) groups is 2. The lowest BCUT2D eigenvalue weighted by Gasteiger charge is -2.09. The molecule has 4 rings (SSSR count). The molecular weight excluding hydrogens is 492 g/mol. The molecule has 9 heteroatoms. The fourth-order valence-electron chi connectivity index (χ4n) is 3.41. The average molecular weight is 511 g/mol. The number of fused-ring (bicyclic) bond motifs is 1. The second-order valence-corrected chi connectivity index (χ2v) is 9.32. The van der Waals surface area contributed by atoms with E-state index in [1.807, 2.05) is 31.2 Å². The second-order valence-electron chi connectivity index (χ2n) is 7.20. The van der Waals surface area contributed by atoms with Gasteiger partial charge >= 0.3 is 0 Å². The predicted molar refractivity (Wildman–Crippen MR) is 131 cm³/mol. The normalized spacial score (nSPS) is 10.8. The van der Waals surface area contributed by atoms with Crippen LogP contribution in [0, 0.1) is 6.92 Å². The molecule has 32 heavy (non-hydrogen) atoms. The monoisotopic (exact) mass is 510 g/mol. The molecule has 0 aliphatic rings. The van der Waals surface area contributed by atoms with Crippen molar-refractivity contribution in [2.24, 2.45) is 0 Å². The first kappa shape index (κ1) is 21.9. The number of rotatable bonds is 5. The smallest absolute Gasteiger partial charge is 0.263 e. The minimum absolute atomic E-state index is 0.163. The number of carbonyl (C=O) groups excluding carboxylic acids is 2. The summed E-state index contributed by atoms with van der Waals surface area (Å²) in [6.07, 6.45) is 1.41. The van der Waals surface area contributed by atoms with Crippen molar-refractivity contribution in [2.45, 2.75) is 20.4 Å². The van der Waals surface area contributed by atoms with Crippen LogP contribution in [0.3, 0.4) is 0 Å². The summed E-state index contributed by atoms with van der Waals surface area (Å²) >= 11 is 4.89. The van der Waals surface area contributed by atoms with Crippen LogP contribution in [0.4, 0.5) is 11.4 Å². The van der Waals surface area contributed by atoms with E-state index < -0.39 is 0 Å². The number of benzene rings is 2. The Morgan fingerprint density at radius 3 is 2.28 bits per heavy atom. The zero-order valence-corrected chi connectivity index (χ0v) is 19.7. The highest BCUT2D eigenvalue weighted by Crippen LogP contribution is 2.35. The summed E-state index contributed by atoms with van der Waals surface area (Å²) in [5, 5.41) is 5.95. The Morgan fingerprint density at radius 1 is 1.03 bits per heavy atom. The second kappa shape index (κ2) is 9.05. The molecule has 0 unspecified atom stereocenters. The van der Waals surface area contributed by atoms with E-state index in [-0.39, 0.29) is 23.9 Å². The Hall–Kier alpha value is -3.30. The average Bonchev–Trinajstić information content (AvgIpc) is 3.08. The molecule has 4 aromatic rings. The van der Waals surface area contributed by atoms with Crippen molar-refractivity contribution in [2.75, 3.05) is 10.6 Å². The van der Waals surface area contributed by atoms with Crippen LogP contribution in [0.5, 0.6) is 0 Å². The summed E-state index contributed by atoms with van der Waals surface area (Å²) in [5.74, 6) is -0.520. The van der Waals surface area contributed by atoms with Crippen LogP contribution in [-0.4, -0.2) is 21.4 Å². The topological polar surface area (TPSA) is 93.1 Å². The zero-order valence-electron chi connectivity index (χ0n) is 17.3. The number of aromatic nitrogens is 2. The highest BCUT2D eigenvalue weighted by molar-refractivity contribution is 9.10. The quantitative estimate of drug-likeness (QED) is 0.403. The maximum atomic E-state index is 13.2. The van der Waals surface area contributed by atoms with Gasteiger partial charge in [0, 0.05) is 33.2 Å². The molecule has 2 amide bonds. The molecular formula is C23H19BrN4O3S. The van der Waals surface area contributed by atoms with Crippen LogP contribution >= 0.6 is 27.3 Å². The number of nitrogens with one attached hydrogen (secondary N) is 2. The van der Waals surface area contributed by atoms with E-state index in [0.29, 0.717) is 21.6 Å². The maximum absolute atomic E-state index is 13.2. The molecule has 2 N–H and O–H groups in total. The molecule has 7 nitrogen and oxygen atoms in total. The third-order valence-corrected chi connectivity index (χ3v) is 6.33. The zero-order chi connectivity index (χ0) is 22.8. The number of hydrogen-bond acceptors (Lipinski definition) is 5.